The second-order valence-electron chi connectivity index (χ2n) is 4.06. The molecule has 1 heterocycles. The molecule has 0 aliphatic rings. The van der Waals surface area contributed by atoms with Gasteiger partial charge in [-0.2, -0.15) is 16.7 Å². The van der Waals surface area contributed by atoms with Crippen LogP contribution in [0.25, 0.3) is 0 Å². The predicted molar refractivity (Wildman–Crippen MR) is 62.8 cm³/mol. The molecule has 0 aliphatic carbocycles. The third-order valence-electron chi connectivity index (χ3n) is 2.01. The van der Waals surface area contributed by atoms with Crippen molar-refractivity contribution in [1.82, 2.24) is 10.1 Å². The Labute approximate surface area is 95.0 Å². The fraction of sp³-hybridized carbons (Fsp3) is 0.800. The molecule has 4 nitrogen and oxygen atoms in total. The van der Waals surface area contributed by atoms with E-state index in [2.05, 4.69) is 17.1 Å². The highest BCUT2D eigenvalue weighted by molar-refractivity contribution is 7.98. The first kappa shape index (κ1) is 12.5. The number of nitrogens with zero attached hydrogens (tertiary/aromatic N) is 2. The van der Waals surface area contributed by atoms with E-state index in [4.69, 9.17) is 10.3 Å². The third-order valence-corrected chi connectivity index (χ3v) is 3.28. The van der Waals surface area contributed by atoms with Crippen LogP contribution < -0.4 is 5.73 Å². The minimum absolute atomic E-state index is 0.305. The maximum Gasteiger partial charge on any atom is 0.229 e. The normalized spacial score (nSPS) is 13.4. The summed E-state index contributed by atoms with van der Waals surface area (Å²) in [4.78, 5) is 4.30. The van der Waals surface area contributed by atoms with Crippen molar-refractivity contribution in [2.75, 3.05) is 12.3 Å². The molecule has 1 unspecified atom stereocenters. The van der Waals surface area contributed by atoms with E-state index in [0.717, 1.165) is 29.8 Å². The summed E-state index contributed by atoms with van der Waals surface area (Å²) < 4.78 is 5.11. The fourth-order valence-corrected chi connectivity index (χ4v) is 1.94. The molecule has 15 heavy (non-hydrogen) atoms. The van der Waals surface area contributed by atoms with Gasteiger partial charge in [0.05, 0.1) is 5.75 Å². The molecule has 0 aliphatic heterocycles. The lowest BCUT2D eigenvalue weighted by Gasteiger charge is -2.05. The molecule has 0 saturated heterocycles. The summed E-state index contributed by atoms with van der Waals surface area (Å²) in [5, 5.41) is 3.92. The van der Waals surface area contributed by atoms with Gasteiger partial charge >= 0.3 is 0 Å². The lowest BCUT2D eigenvalue weighted by molar-refractivity contribution is 0.362. The number of thioether (sulfide) groups is 1. The number of aromatic nitrogens is 2. The lowest BCUT2D eigenvalue weighted by Crippen LogP contribution is -2.12. The standard InChI is InChI=1S/C10H19N3OS/c1-7(2)10-12-9(13-14-10)6-15-5-8(3)4-11/h7-8H,4-6,11H2,1-3H3. The van der Waals surface area contributed by atoms with Crippen molar-refractivity contribution in [2.24, 2.45) is 11.7 Å². The molecule has 0 saturated carbocycles. The van der Waals surface area contributed by atoms with Gasteiger partial charge in [-0.15, -0.1) is 0 Å². The summed E-state index contributed by atoms with van der Waals surface area (Å²) in [7, 11) is 0. The van der Waals surface area contributed by atoms with E-state index < -0.39 is 0 Å². The minimum Gasteiger partial charge on any atom is -0.339 e. The van der Waals surface area contributed by atoms with Crippen LogP contribution in [-0.4, -0.2) is 22.4 Å². The van der Waals surface area contributed by atoms with E-state index in [9.17, 15) is 0 Å². The van der Waals surface area contributed by atoms with Gasteiger partial charge < -0.3 is 10.3 Å². The second kappa shape index (κ2) is 6.12. The molecule has 1 rings (SSSR count). The van der Waals surface area contributed by atoms with Crippen molar-refractivity contribution in [2.45, 2.75) is 32.4 Å². The van der Waals surface area contributed by atoms with Crippen molar-refractivity contribution >= 4 is 11.8 Å². The van der Waals surface area contributed by atoms with Crippen LogP contribution in [0.1, 0.15) is 38.4 Å². The van der Waals surface area contributed by atoms with Crippen LogP contribution in [0.5, 0.6) is 0 Å². The topological polar surface area (TPSA) is 64.9 Å². The van der Waals surface area contributed by atoms with Crippen LogP contribution in [0.15, 0.2) is 4.52 Å². The van der Waals surface area contributed by atoms with E-state index in [1.165, 1.54) is 0 Å². The minimum atomic E-state index is 0.305. The molecular weight excluding hydrogens is 210 g/mol. The van der Waals surface area contributed by atoms with Gasteiger partial charge in [-0.25, -0.2) is 0 Å². The molecule has 0 aromatic carbocycles. The molecule has 0 spiro atoms. The molecule has 1 aromatic heterocycles. The molecule has 0 bridgehead atoms. The molecular formula is C10H19N3OS. The van der Waals surface area contributed by atoms with E-state index in [1.54, 1.807) is 11.8 Å². The maximum absolute atomic E-state index is 5.53. The van der Waals surface area contributed by atoms with Gasteiger partial charge in [0.15, 0.2) is 5.82 Å². The Morgan fingerprint density at radius 1 is 1.40 bits per heavy atom. The first-order valence-corrected chi connectivity index (χ1v) is 6.39. The van der Waals surface area contributed by atoms with E-state index in [-0.39, 0.29) is 0 Å². The van der Waals surface area contributed by atoms with Gasteiger partial charge in [0.1, 0.15) is 0 Å². The smallest absolute Gasteiger partial charge is 0.229 e. The molecule has 1 atom stereocenters. The van der Waals surface area contributed by atoms with Crippen LogP contribution in [-0.2, 0) is 5.75 Å². The zero-order valence-electron chi connectivity index (χ0n) is 9.56. The van der Waals surface area contributed by atoms with Crippen molar-refractivity contribution in [1.29, 1.82) is 0 Å². The Morgan fingerprint density at radius 2 is 2.13 bits per heavy atom. The molecule has 0 amide bonds. The third kappa shape index (κ3) is 4.22. The van der Waals surface area contributed by atoms with Crippen LogP contribution in [0.2, 0.25) is 0 Å². The maximum atomic E-state index is 5.53. The molecule has 86 valence electrons. The van der Waals surface area contributed by atoms with Gasteiger partial charge in [-0.1, -0.05) is 25.9 Å². The predicted octanol–water partition coefficient (Wildman–Crippen LogP) is 2.02. The van der Waals surface area contributed by atoms with Crippen molar-refractivity contribution in [3.05, 3.63) is 11.7 Å². The summed E-state index contributed by atoms with van der Waals surface area (Å²) in [5.74, 6) is 4.21. The quantitative estimate of drug-likeness (QED) is 0.808. The first-order chi connectivity index (χ1) is 7.13. The average Bonchev–Trinajstić information content (AvgIpc) is 2.66. The zero-order valence-corrected chi connectivity index (χ0v) is 10.4. The molecule has 0 radical (unpaired) electrons. The molecule has 2 N–H and O–H groups in total. The molecule has 0 fully saturated rings. The fourth-order valence-electron chi connectivity index (χ4n) is 0.980. The summed E-state index contributed by atoms with van der Waals surface area (Å²) >= 11 is 1.80. The number of hydrogen-bond acceptors (Lipinski definition) is 5. The van der Waals surface area contributed by atoms with E-state index in [0.29, 0.717) is 11.8 Å². The SMILES string of the molecule is CC(CN)CSCc1noc(C(C)C)n1. The Hall–Kier alpha value is -0.550. The van der Waals surface area contributed by atoms with Gasteiger partial charge in [0.25, 0.3) is 0 Å². The van der Waals surface area contributed by atoms with Crippen molar-refractivity contribution in [3.8, 4) is 0 Å². The van der Waals surface area contributed by atoms with E-state index >= 15 is 0 Å². The zero-order chi connectivity index (χ0) is 11.3. The first-order valence-electron chi connectivity index (χ1n) is 5.23. The van der Waals surface area contributed by atoms with Gasteiger partial charge in [0, 0.05) is 5.92 Å². The highest BCUT2D eigenvalue weighted by atomic mass is 32.2. The number of nitrogens with two attached hydrogens (primary N) is 1. The Morgan fingerprint density at radius 3 is 2.67 bits per heavy atom. The van der Waals surface area contributed by atoms with Crippen LogP contribution in [0.4, 0.5) is 0 Å². The van der Waals surface area contributed by atoms with Gasteiger partial charge in [0.2, 0.25) is 5.89 Å². The molecule has 1 aromatic rings. The van der Waals surface area contributed by atoms with Crippen molar-refractivity contribution in [3.63, 3.8) is 0 Å². The van der Waals surface area contributed by atoms with Crippen LogP contribution >= 0.6 is 11.8 Å². The van der Waals surface area contributed by atoms with Gasteiger partial charge in [-0.05, 0) is 18.2 Å². The Balaban J connectivity index is 2.31. The summed E-state index contributed by atoms with van der Waals surface area (Å²) in [6.07, 6.45) is 0. The number of hydrogen-bond donors (Lipinski definition) is 1. The van der Waals surface area contributed by atoms with Crippen LogP contribution in [0, 0.1) is 5.92 Å². The second-order valence-corrected chi connectivity index (χ2v) is 5.09. The highest BCUT2D eigenvalue weighted by Gasteiger charge is 2.09. The Bertz CT molecular complexity index is 288. The Kier molecular flexibility index (Phi) is 5.11. The summed E-state index contributed by atoms with van der Waals surface area (Å²) in [5.41, 5.74) is 5.53. The number of rotatable bonds is 6. The lowest BCUT2D eigenvalue weighted by atomic mass is 10.2. The van der Waals surface area contributed by atoms with E-state index in [1.807, 2.05) is 13.8 Å². The van der Waals surface area contributed by atoms with Gasteiger partial charge in [-0.3, -0.25) is 0 Å². The molecule has 5 heteroatoms. The summed E-state index contributed by atoms with van der Waals surface area (Å²) in [6.45, 7) is 6.96. The average molecular weight is 229 g/mol. The summed E-state index contributed by atoms with van der Waals surface area (Å²) in [6, 6.07) is 0. The highest BCUT2D eigenvalue weighted by Crippen LogP contribution is 2.16. The van der Waals surface area contributed by atoms with Crippen molar-refractivity contribution < 1.29 is 4.52 Å². The monoisotopic (exact) mass is 229 g/mol. The van der Waals surface area contributed by atoms with Crippen LogP contribution in [0.3, 0.4) is 0 Å². The largest absolute Gasteiger partial charge is 0.339 e.